The number of aromatic nitrogens is 2. The first-order valence-electron chi connectivity index (χ1n) is 6.15. The zero-order valence-corrected chi connectivity index (χ0v) is 12.1. The van der Waals surface area contributed by atoms with Crippen LogP contribution in [0.2, 0.25) is 0 Å². The quantitative estimate of drug-likeness (QED) is 0.896. The minimum atomic E-state index is -0.372. The number of rotatable bonds is 5. The predicted octanol–water partition coefficient (Wildman–Crippen LogP) is 1.49. The number of methoxy groups -OCH3 is 3. The Hall–Kier alpha value is -2.21. The summed E-state index contributed by atoms with van der Waals surface area (Å²) in [4.78, 5) is 4.27. The first-order valence-corrected chi connectivity index (χ1v) is 6.15. The van der Waals surface area contributed by atoms with Crippen molar-refractivity contribution < 1.29 is 14.2 Å². The number of benzene rings is 1. The lowest BCUT2D eigenvalue weighted by Crippen LogP contribution is -2.17. The number of imidazole rings is 1. The molecule has 1 atom stereocenters. The number of aryl methyl sites for hydroxylation is 1. The van der Waals surface area contributed by atoms with E-state index in [1.165, 1.54) is 0 Å². The molecule has 6 heteroatoms. The van der Waals surface area contributed by atoms with Gasteiger partial charge in [0.15, 0.2) is 11.5 Å². The molecule has 0 spiro atoms. The SMILES string of the molecule is COc1cc(C(N)c2nccn2C)cc(OC)c1OC. The molecule has 2 N–H and O–H groups in total. The first kappa shape index (κ1) is 14.2. The fourth-order valence-electron chi connectivity index (χ4n) is 2.11. The topological polar surface area (TPSA) is 71.5 Å². The van der Waals surface area contributed by atoms with Crippen molar-refractivity contribution in [3.05, 3.63) is 35.9 Å². The second-order valence-electron chi connectivity index (χ2n) is 4.33. The lowest BCUT2D eigenvalue weighted by atomic mass is 10.1. The van der Waals surface area contributed by atoms with Gasteiger partial charge in [0.1, 0.15) is 5.82 Å². The van der Waals surface area contributed by atoms with Crippen LogP contribution in [0.15, 0.2) is 24.5 Å². The molecule has 0 aliphatic rings. The molecular formula is C14H19N3O3. The largest absolute Gasteiger partial charge is 0.493 e. The van der Waals surface area contributed by atoms with Gasteiger partial charge in [0.05, 0.1) is 27.4 Å². The zero-order valence-electron chi connectivity index (χ0n) is 12.1. The van der Waals surface area contributed by atoms with E-state index in [0.717, 1.165) is 11.4 Å². The highest BCUT2D eigenvalue weighted by atomic mass is 16.5. The predicted molar refractivity (Wildman–Crippen MR) is 75.3 cm³/mol. The van der Waals surface area contributed by atoms with E-state index in [1.54, 1.807) is 27.5 Å². The van der Waals surface area contributed by atoms with Crippen molar-refractivity contribution in [2.24, 2.45) is 12.8 Å². The van der Waals surface area contributed by atoms with Gasteiger partial charge in [0, 0.05) is 19.4 Å². The second kappa shape index (κ2) is 5.83. The molecule has 108 valence electrons. The smallest absolute Gasteiger partial charge is 0.203 e. The minimum Gasteiger partial charge on any atom is -0.493 e. The molecule has 1 aromatic heterocycles. The number of ether oxygens (including phenoxy) is 3. The van der Waals surface area contributed by atoms with Crippen molar-refractivity contribution in [1.82, 2.24) is 9.55 Å². The number of nitrogens with zero attached hydrogens (tertiary/aromatic N) is 2. The highest BCUT2D eigenvalue weighted by Gasteiger charge is 2.19. The van der Waals surface area contributed by atoms with Crippen molar-refractivity contribution in [2.45, 2.75) is 6.04 Å². The summed E-state index contributed by atoms with van der Waals surface area (Å²) in [5, 5.41) is 0. The van der Waals surface area contributed by atoms with Gasteiger partial charge in [0.2, 0.25) is 5.75 Å². The monoisotopic (exact) mass is 277 g/mol. The number of nitrogens with two attached hydrogens (primary N) is 1. The summed E-state index contributed by atoms with van der Waals surface area (Å²) in [5.41, 5.74) is 7.11. The maximum atomic E-state index is 6.27. The molecule has 1 unspecified atom stereocenters. The molecule has 0 aliphatic heterocycles. The van der Waals surface area contributed by atoms with Gasteiger partial charge >= 0.3 is 0 Å². The maximum Gasteiger partial charge on any atom is 0.203 e. The Morgan fingerprint density at radius 1 is 1.10 bits per heavy atom. The van der Waals surface area contributed by atoms with Crippen LogP contribution in [-0.4, -0.2) is 30.9 Å². The van der Waals surface area contributed by atoms with Crippen LogP contribution in [0, 0.1) is 0 Å². The molecule has 0 saturated carbocycles. The molecule has 1 aromatic carbocycles. The molecule has 0 radical (unpaired) electrons. The van der Waals surface area contributed by atoms with Crippen LogP contribution in [0.3, 0.4) is 0 Å². The number of hydrogen-bond donors (Lipinski definition) is 1. The van der Waals surface area contributed by atoms with Crippen molar-refractivity contribution in [1.29, 1.82) is 0 Å². The normalized spacial score (nSPS) is 12.1. The third-order valence-electron chi connectivity index (χ3n) is 3.18. The summed E-state index contributed by atoms with van der Waals surface area (Å²) < 4.78 is 17.8. The molecule has 2 aromatic rings. The Labute approximate surface area is 118 Å². The van der Waals surface area contributed by atoms with E-state index in [1.807, 2.05) is 29.9 Å². The van der Waals surface area contributed by atoms with E-state index in [-0.39, 0.29) is 6.04 Å². The molecule has 0 amide bonds. The molecule has 2 rings (SSSR count). The molecule has 0 saturated heterocycles. The van der Waals surface area contributed by atoms with E-state index in [4.69, 9.17) is 19.9 Å². The number of hydrogen-bond acceptors (Lipinski definition) is 5. The Morgan fingerprint density at radius 2 is 1.70 bits per heavy atom. The summed E-state index contributed by atoms with van der Waals surface area (Å²) >= 11 is 0. The van der Waals surface area contributed by atoms with E-state index in [2.05, 4.69) is 4.98 Å². The van der Waals surface area contributed by atoms with E-state index in [9.17, 15) is 0 Å². The fraction of sp³-hybridized carbons (Fsp3) is 0.357. The first-order chi connectivity index (χ1) is 9.62. The average molecular weight is 277 g/mol. The van der Waals surface area contributed by atoms with Crippen LogP contribution in [0.5, 0.6) is 17.2 Å². The van der Waals surface area contributed by atoms with Gasteiger partial charge in [-0.25, -0.2) is 4.98 Å². The van der Waals surface area contributed by atoms with E-state index < -0.39 is 0 Å². The molecule has 0 fully saturated rings. The van der Waals surface area contributed by atoms with Crippen molar-refractivity contribution in [2.75, 3.05) is 21.3 Å². The van der Waals surface area contributed by atoms with E-state index >= 15 is 0 Å². The van der Waals surface area contributed by atoms with Gasteiger partial charge in [-0.05, 0) is 17.7 Å². The van der Waals surface area contributed by atoms with Gasteiger partial charge in [-0.15, -0.1) is 0 Å². The van der Waals surface area contributed by atoms with Crippen molar-refractivity contribution in [3.8, 4) is 17.2 Å². The van der Waals surface area contributed by atoms with Gasteiger partial charge in [-0.2, -0.15) is 0 Å². The maximum absolute atomic E-state index is 6.27. The minimum absolute atomic E-state index is 0.372. The standard InChI is InChI=1S/C14H19N3O3/c1-17-6-5-16-14(17)12(15)9-7-10(18-2)13(20-4)11(8-9)19-3/h5-8,12H,15H2,1-4H3. The van der Waals surface area contributed by atoms with Crippen LogP contribution in [-0.2, 0) is 7.05 Å². The third-order valence-corrected chi connectivity index (χ3v) is 3.18. The van der Waals surface area contributed by atoms with Crippen LogP contribution in [0.4, 0.5) is 0 Å². The van der Waals surface area contributed by atoms with Crippen molar-refractivity contribution in [3.63, 3.8) is 0 Å². The Bertz CT molecular complexity index is 570. The average Bonchev–Trinajstić information content (AvgIpc) is 2.90. The van der Waals surface area contributed by atoms with E-state index in [0.29, 0.717) is 17.2 Å². The van der Waals surface area contributed by atoms with Gasteiger partial charge < -0.3 is 24.5 Å². The van der Waals surface area contributed by atoms with Crippen LogP contribution in [0.25, 0.3) is 0 Å². The van der Waals surface area contributed by atoms with Gasteiger partial charge in [-0.3, -0.25) is 0 Å². The summed E-state index contributed by atoms with van der Waals surface area (Å²) in [7, 11) is 6.62. The van der Waals surface area contributed by atoms with Crippen LogP contribution < -0.4 is 19.9 Å². The van der Waals surface area contributed by atoms with Crippen LogP contribution in [0.1, 0.15) is 17.4 Å². The lowest BCUT2D eigenvalue weighted by molar-refractivity contribution is 0.323. The van der Waals surface area contributed by atoms with Gasteiger partial charge in [-0.1, -0.05) is 0 Å². The Kier molecular flexibility index (Phi) is 4.14. The molecule has 20 heavy (non-hydrogen) atoms. The molecular weight excluding hydrogens is 258 g/mol. The second-order valence-corrected chi connectivity index (χ2v) is 4.33. The molecule has 0 bridgehead atoms. The zero-order chi connectivity index (χ0) is 14.7. The Morgan fingerprint density at radius 3 is 2.10 bits per heavy atom. The highest BCUT2D eigenvalue weighted by molar-refractivity contribution is 5.55. The Balaban J connectivity index is 2.49. The van der Waals surface area contributed by atoms with Gasteiger partial charge in [0.25, 0.3) is 0 Å². The summed E-state index contributed by atoms with van der Waals surface area (Å²) in [6, 6.07) is 3.30. The molecule has 6 nitrogen and oxygen atoms in total. The van der Waals surface area contributed by atoms with Crippen molar-refractivity contribution >= 4 is 0 Å². The molecule has 0 aliphatic carbocycles. The molecule has 1 heterocycles. The third kappa shape index (κ3) is 2.42. The summed E-state index contributed by atoms with van der Waals surface area (Å²) in [6.07, 6.45) is 3.57. The fourth-order valence-corrected chi connectivity index (χ4v) is 2.11. The highest BCUT2D eigenvalue weighted by Crippen LogP contribution is 2.40. The lowest BCUT2D eigenvalue weighted by Gasteiger charge is -2.17. The van der Waals surface area contributed by atoms with Crippen LogP contribution >= 0.6 is 0 Å². The summed E-state index contributed by atoms with van der Waals surface area (Å²) in [5.74, 6) is 2.46. The summed E-state index contributed by atoms with van der Waals surface area (Å²) in [6.45, 7) is 0.